The lowest BCUT2D eigenvalue weighted by molar-refractivity contribution is -0.123. The lowest BCUT2D eigenvalue weighted by atomic mass is 10.0. The molecule has 0 aromatic heterocycles. The molecule has 1 aliphatic rings. The second kappa shape index (κ2) is 7.45. The zero-order chi connectivity index (χ0) is 12.7. The molecule has 1 saturated carbocycles. The van der Waals surface area contributed by atoms with Gasteiger partial charge in [0.2, 0.25) is 0 Å². The SMILES string of the molecule is CC(C)CN(CCC#N)CC(=O)C1CCCC1. The van der Waals surface area contributed by atoms with Gasteiger partial charge in [0.1, 0.15) is 5.78 Å². The van der Waals surface area contributed by atoms with Crippen molar-refractivity contribution in [3.05, 3.63) is 0 Å². The van der Waals surface area contributed by atoms with E-state index in [1.165, 1.54) is 12.8 Å². The summed E-state index contributed by atoms with van der Waals surface area (Å²) in [7, 11) is 0. The predicted octanol–water partition coefficient (Wildman–Crippen LogP) is 2.62. The summed E-state index contributed by atoms with van der Waals surface area (Å²) in [4.78, 5) is 14.2. The third-order valence-electron chi connectivity index (χ3n) is 3.35. The summed E-state index contributed by atoms with van der Waals surface area (Å²) in [6.45, 7) is 6.50. The lowest BCUT2D eigenvalue weighted by Gasteiger charge is -2.23. The monoisotopic (exact) mass is 236 g/mol. The van der Waals surface area contributed by atoms with Crippen molar-refractivity contribution in [2.24, 2.45) is 11.8 Å². The van der Waals surface area contributed by atoms with Crippen molar-refractivity contribution < 1.29 is 4.79 Å². The fraction of sp³-hybridized carbons (Fsp3) is 0.857. The number of ketones is 1. The van der Waals surface area contributed by atoms with Gasteiger partial charge in [-0.15, -0.1) is 0 Å². The van der Waals surface area contributed by atoms with E-state index in [4.69, 9.17) is 5.26 Å². The van der Waals surface area contributed by atoms with Gasteiger partial charge in [0.25, 0.3) is 0 Å². The minimum Gasteiger partial charge on any atom is -0.298 e. The molecule has 0 spiro atoms. The molecule has 3 nitrogen and oxygen atoms in total. The van der Waals surface area contributed by atoms with Gasteiger partial charge in [0.15, 0.2) is 0 Å². The van der Waals surface area contributed by atoms with E-state index in [2.05, 4.69) is 24.8 Å². The summed E-state index contributed by atoms with van der Waals surface area (Å²) >= 11 is 0. The van der Waals surface area contributed by atoms with E-state index >= 15 is 0 Å². The first-order chi connectivity index (χ1) is 8.13. The van der Waals surface area contributed by atoms with E-state index in [1.54, 1.807) is 0 Å². The van der Waals surface area contributed by atoms with Crippen molar-refractivity contribution in [1.82, 2.24) is 4.90 Å². The highest BCUT2D eigenvalue weighted by Crippen LogP contribution is 2.25. The molecule has 0 radical (unpaired) electrons. The van der Waals surface area contributed by atoms with Crippen LogP contribution in [0, 0.1) is 23.2 Å². The first-order valence-electron chi connectivity index (χ1n) is 6.75. The van der Waals surface area contributed by atoms with Crippen LogP contribution in [0.15, 0.2) is 0 Å². The summed E-state index contributed by atoms with van der Waals surface area (Å²) in [5.41, 5.74) is 0. The minimum absolute atomic E-state index is 0.298. The first-order valence-corrected chi connectivity index (χ1v) is 6.75. The van der Waals surface area contributed by atoms with Crippen LogP contribution >= 0.6 is 0 Å². The maximum Gasteiger partial charge on any atom is 0.149 e. The highest BCUT2D eigenvalue weighted by atomic mass is 16.1. The van der Waals surface area contributed by atoms with Gasteiger partial charge in [-0.2, -0.15) is 5.26 Å². The minimum atomic E-state index is 0.298. The number of carbonyl (C=O) groups excluding carboxylic acids is 1. The van der Waals surface area contributed by atoms with Crippen molar-refractivity contribution in [2.75, 3.05) is 19.6 Å². The van der Waals surface area contributed by atoms with Crippen molar-refractivity contribution >= 4 is 5.78 Å². The van der Waals surface area contributed by atoms with Gasteiger partial charge in [-0.3, -0.25) is 9.69 Å². The van der Waals surface area contributed by atoms with Gasteiger partial charge in [-0.25, -0.2) is 0 Å². The molecule has 17 heavy (non-hydrogen) atoms. The molecule has 96 valence electrons. The second-order valence-electron chi connectivity index (χ2n) is 5.48. The Bertz CT molecular complexity index is 274. The van der Waals surface area contributed by atoms with Crippen molar-refractivity contribution in [3.8, 4) is 6.07 Å². The van der Waals surface area contributed by atoms with E-state index < -0.39 is 0 Å². The van der Waals surface area contributed by atoms with E-state index in [0.717, 1.165) is 25.9 Å². The molecule has 0 saturated heterocycles. The average Bonchev–Trinajstić information content (AvgIpc) is 2.78. The fourth-order valence-corrected chi connectivity index (χ4v) is 2.56. The Morgan fingerprint density at radius 2 is 2.06 bits per heavy atom. The quantitative estimate of drug-likeness (QED) is 0.682. The molecule has 0 aromatic rings. The molecule has 0 bridgehead atoms. The van der Waals surface area contributed by atoms with Crippen molar-refractivity contribution in [2.45, 2.75) is 46.0 Å². The Morgan fingerprint density at radius 1 is 1.41 bits per heavy atom. The number of Topliss-reactive ketones (excluding diaryl/α,β-unsaturated/α-hetero) is 1. The van der Waals surface area contributed by atoms with Gasteiger partial charge in [0.05, 0.1) is 12.6 Å². The number of nitriles is 1. The van der Waals surface area contributed by atoms with Crippen LogP contribution in [0.25, 0.3) is 0 Å². The molecule has 3 heteroatoms. The third kappa shape index (κ3) is 5.32. The van der Waals surface area contributed by atoms with Crippen LogP contribution in [0.3, 0.4) is 0 Å². The molecule has 0 N–H and O–H groups in total. The standard InChI is InChI=1S/C14H24N2O/c1-12(2)10-16(9-5-8-15)11-14(17)13-6-3-4-7-13/h12-13H,3-7,9-11H2,1-2H3. The van der Waals surface area contributed by atoms with Gasteiger partial charge < -0.3 is 0 Å². The van der Waals surface area contributed by atoms with Crippen LogP contribution < -0.4 is 0 Å². The second-order valence-corrected chi connectivity index (χ2v) is 5.48. The zero-order valence-electron chi connectivity index (χ0n) is 11.1. The van der Waals surface area contributed by atoms with Crippen molar-refractivity contribution in [1.29, 1.82) is 5.26 Å². The smallest absolute Gasteiger partial charge is 0.149 e. The Morgan fingerprint density at radius 3 is 2.59 bits per heavy atom. The topological polar surface area (TPSA) is 44.1 Å². The summed E-state index contributed by atoms with van der Waals surface area (Å²) in [6, 6.07) is 2.16. The van der Waals surface area contributed by atoms with Crippen LogP contribution in [0.1, 0.15) is 46.0 Å². The van der Waals surface area contributed by atoms with Gasteiger partial charge in [0, 0.05) is 25.4 Å². The van der Waals surface area contributed by atoms with Crippen LogP contribution in [0.2, 0.25) is 0 Å². The number of nitrogens with zero attached hydrogens (tertiary/aromatic N) is 2. The molecule has 0 atom stereocenters. The summed E-state index contributed by atoms with van der Waals surface area (Å²) in [6.07, 6.45) is 5.08. The largest absolute Gasteiger partial charge is 0.298 e. The van der Waals surface area contributed by atoms with Gasteiger partial charge in [-0.1, -0.05) is 26.7 Å². The fourth-order valence-electron chi connectivity index (χ4n) is 2.56. The maximum atomic E-state index is 12.1. The molecule has 1 aliphatic carbocycles. The first kappa shape index (κ1) is 14.2. The number of hydrogen-bond acceptors (Lipinski definition) is 3. The normalized spacial score (nSPS) is 16.6. The molecule has 0 amide bonds. The molecule has 1 rings (SSSR count). The molecular weight excluding hydrogens is 212 g/mol. The average molecular weight is 236 g/mol. The number of rotatable bonds is 7. The Kier molecular flexibility index (Phi) is 6.21. The van der Waals surface area contributed by atoms with E-state index in [-0.39, 0.29) is 0 Å². The Labute approximate surface area is 105 Å². The van der Waals surface area contributed by atoms with Crippen LogP contribution in [0.5, 0.6) is 0 Å². The number of carbonyl (C=O) groups is 1. The Hall–Kier alpha value is -0.880. The highest BCUT2D eigenvalue weighted by molar-refractivity contribution is 5.83. The van der Waals surface area contributed by atoms with Crippen LogP contribution in [-0.2, 0) is 4.79 Å². The molecular formula is C14H24N2O. The van der Waals surface area contributed by atoms with Crippen LogP contribution in [-0.4, -0.2) is 30.3 Å². The highest BCUT2D eigenvalue weighted by Gasteiger charge is 2.24. The van der Waals surface area contributed by atoms with Crippen LogP contribution in [0.4, 0.5) is 0 Å². The van der Waals surface area contributed by atoms with Gasteiger partial charge in [-0.05, 0) is 18.8 Å². The predicted molar refractivity (Wildman–Crippen MR) is 68.5 cm³/mol. The summed E-state index contributed by atoms with van der Waals surface area (Å²) in [5, 5.41) is 8.63. The van der Waals surface area contributed by atoms with E-state index in [1.807, 2.05) is 0 Å². The molecule has 1 fully saturated rings. The maximum absolute atomic E-state index is 12.1. The van der Waals surface area contributed by atoms with E-state index in [9.17, 15) is 4.79 Å². The number of hydrogen-bond donors (Lipinski definition) is 0. The van der Waals surface area contributed by atoms with Crippen molar-refractivity contribution in [3.63, 3.8) is 0 Å². The molecule has 0 heterocycles. The molecule has 0 aromatic carbocycles. The Balaban J connectivity index is 2.40. The van der Waals surface area contributed by atoms with E-state index in [0.29, 0.717) is 30.6 Å². The zero-order valence-corrected chi connectivity index (χ0v) is 11.1. The van der Waals surface area contributed by atoms with Gasteiger partial charge >= 0.3 is 0 Å². The summed E-state index contributed by atoms with van der Waals surface area (Å²) < 4.78 is 0. The lowest BCUT2D eigenvalue weighted by Crippen LogP contribution is -2.35. The summed E-state index contributed by atoms with van der Waals surface area (Å²) in [5.74, 6) is 1.23. The molecule has 0 aliphatic heterocycles. The third-order valence-corrected chi connectivity index (χ3v) is 3.35. The molecule has 0 unspecified atom stereocenters.